The van der Waals surface area contributed by atoms with Crippen molar-refractivity contribution in [3.63, 3.8) is 0 Å². The Labute approximate surface area is 186 Å². The Balaban J connectivity index is 1.36. The van der Waals surface area contributed by atoms with Crippen LogP contribution in [0.2, 0.25) is 0 Å². The first-order chi connectivity index (χ1) is 15.4. The van der Waals surface area contributed by atoms with Crippen LogP contribution in [-0.2, 0) is 16.4 Å². The molecule has 5 rings (SSSR count). The Morgan fingerprint density at radius 2 is 2.03 bits per heavy atom. The molecule has 0 radical (unpaired) electrons. The molecule has 8 nitrogen and oxygen atoms in total. The number of rotatable bonds is 6. The zero-order valence-electron chi connectivity index (χ0n) is 18.2. The van der Waals surface area contributed by atoms with Crippen LogP contribution in [-0.4, -0.2) is 77.1 Å². The van der Waals surface area contributed by atoms with Gasteiger partial charge in [-0.15, -0.1) is 0 Å². The number of halogens is 2. The Morgan fingerprint density at radius 1 is 1.22 bits per heavy atom. The minimum absolute atomic E-state index is 0.145. The summed E-state index contributed by atoms with van der Waals surface area (Å²) >= 11 is 0. The molecular formula is C21H30F2N6O2S. The first-order valence-corrected chi connectivity index (χ1v) is 13.0. The second-order valence-corrected chi connectivity index (χ2v) is 11.3. The third kappa shape index (κ3) is 3.99. The van der Waals surface area contributed by atoms with Crippen LogP contribution in [0.15, 0.2) is 12.3 Å². The average Bonchev–Trinajstić information content (AvgIpc) is 3.58. The second-order valence-electron chi connectivity index (χ2n) is 9.07. The fourth-order valence-corrected chi connectivity index (χ4v) is 6.75. The smallest absolute Gasteiger partial charge is 0.224 e. The van der Waals surface area contributed by atoms with Crippen LogP contribution in [0, 0.1) is 0 Å². The largest absolute Gasteiger partial charge is 0.348 e. The summed E-state index contributed by atoms with van der Waals surface area (Å²) in [6.07, 6.45) is 2.42. The van der Waals surface area contributed by atoms with Crippen LogP contribution in [0.5, 0.6) is 0 Å². The number of anilines is 1. The fourth-order valence-electron chi connectivity index (χ4n) is 4.88. The molecule has 1 aliphatic carbocycles. The summed E-state index contributed by atoms with van der Waals surface area (Å²) in [6.45, 7) is 3.23. The van der Waals surface area contributed by atoms with Gasteiger partial charge in [0.25, 0.3) is 0 Å². The third-order valence-electron chi connectivity index (χ3n) is 6.85. The van der Waals surface area contributed by atoms with E-state index in [2.05, 4.69) is 20.6 Å². The lowest BCUT2D eigenvalue weighted by Crippen LogP contribution is -2.50. The van der Waals surface area contributed by atoms with Crippen LogP contribution in [0.3, 0.4) is 0 Å². The molecular weight excluding hydrogens is 438 g/mol. The van der Waals surface area contributed by atoms with Crippen LogP contribution < -0.4 is 10.6 Å². The van der Waals surface area contributed by atoms with Gasteiger partial charge in [-0.1, -0.05) is 6.92 Å². The van der Waals surface area contributed by atoms with Crippen molar-refractivity contribution in [2.24, 2.45) is 0 Å². The van der Waals surface area contributed by atoms with E-state index in [0.717, 1.165) is 24.0 Å². The first-order valence-electron chi connectivity index (χ1n) is 11.5. The fraction of sp³-hybridized carbons (Fsp3) is 0.714. The first kappa shape index (κ1) is 22.0. The highest BCUT2D eigenvalue weighted by Gasteiger charge is 2.43. The molecule has 3 fully saturated rings. The predicted molar refractivity (Wildman–Crippen MR) is 119 cm³/mol. The van der Waals surface area contributed by atoms with Gasteiger partial charge in [-0.05, 0) is 44.7 Å². The standard InChI is InChI=1S/C21H30F2N6O2S/c1-2-14-9-13-10-25-21(27-20(13)29(14)19-5-7-24-11-16(19)22)26-18-6-8-28(12-17(18)23)32(30,31)15-3-4-15/h9-10,15-19,24H,2-8,11-12H2,1H3,(H,25,26,27)/t16-,17+,18+,19+/m0/s1. The molecule has 0 bridgehead atoms. The van der Waals surface area contributed by atoms with Crippen LogP contribution in [0.1, 0.15) is 44.3 Å². The molecule has 4 atom stereocenters. The number of hydrogen-bond donors (Lipinski definition) is 2. The van der Waals surface area contributed by atoms with Gasteiger partial charge in [0.15, 0.2) is 0 Å². The van der Waals surface area contributed by atoms with Gasteiger partial charge in [0, 0.05) is 36.9 Å². The van der Waals surface area contributed by atoms with Crippen LogP contribution in [0.4, 0.5) is 14.7 Å². The predicted octanol–water partition coefficient (Wildman–Crippen LogP) is 2.18. The van der Waals surface area contributed by atoms with Gasteiger partial charge in [-0.25, -0.2) is 22.2 Å². The van der Waals surface area contributed by atoms with Gasteiger partial charge in [-0.3, -0.25) is 0 Å². The van der Waals surface area contributed by atoms with E-state index in [0.29, 0.717) is 37.9 Å². The average molecular weight is 469 g/mol. The minimum Gasteiger partial charge on any atom is -0.348 e. The van der Waals surface area contributed by atoms with Gasteiger partial charge >= 0.3 is 0 Å². The molecule has 2 aromatic heterocycles. The van der Waals surface area contributed by atoms with E-state index in [9.17, 15) is 17.2 Å². The van der Waals surface area contributed by atoms with E-state index in [4.69, 9.17) is 0 Å². The number of aromatic nitrogens is 3. The molecule has 0 spiro atoms. The van der Waals surface area contributed by atoms with Gasteiger partial charge in [0.2, 0.25) is 16.0 Å². The molecule has 2 N–H and O–H groups in total. The van der Waals surface area contributed by atoms with Gasteiger partial charge < -0.3 is 15.2 Å². The van der Waals surface area contributed by atoms with E-state index < -0.39 is 28.4 Å². The maximum Gasteiger partial charge on any atom is 0.224 e. The summed E-state index contributed by atoms with van der Waals surface area (Å²) in [5.41, 5.74) is 1.65. The second kappa shape index (κ2) is 8.49. The molecule has 11 heteroatoms. The molecule has 2 aromatic rings. The summed E-state index contributed by atoms with van der Waals surface area (Å²) in [5, 5.41) is 6.66. The number of nitrogens with zero attached hydrogens (tertiary/aromatic N) is 4. The summed E-state index contributed by atoms with van der Waals surface area (Å²) < 4.78 is 57.8. The highest BCUT2D eigenvalue weighted by Crippen LogP contribution is 2.34. The molecule has 2 saturated heterocycles. The number of alkyl halides is 2. The SMILES string of the molecule is CCc1cc2cnc(N[C@@H]3CCN(S(=O)(=O)C4CC4)C[C@H]3F)nc2n1[C@@H]1CCNC[C@@H]1F. The normalized spacial score (nSPS) is 30.0. The lowest BCUT2D eigenvalue weighted by atomic mass is 10.0. The summed E-state index contributed by atoms with van der Waals surface area (Å²) in [4.78, 5) is 9.00. The molecule has 176 valence electrons. The van der Waals surface area contributed by atoms with E-state index in [-0.39, 0.29) is 30.3 Å². The van der Waals surface area contributed by atoms with Gasteiger partial charge in [0.05, 0.1) is 17.3 Å². The summed E-state index contributed by atoms with van der Waals surface area (Å²) in [5.74, 6) is 0.287. The lowest BCUT2D eigenvalue weighted by molar-refractivity contribution is 0.184. The maximum absolute atomic E-state index is 14.9. The van der Waals surface area contributed by atoms with E-state index in [1.54, 1.807) is 6.20 Å². The van der Waals surface area contributed by atoms with Crippen LogP contribution in [0.25, 0.3) is 11.0 Å². The highest BCUT2D eigenvalue weighted by atomic mass is 32.2. The quantitative estimate of drug-likeness (QED) is 0.675. The number of nitrogens with one attached hydrogen (secondary N) is 2. The van der Waals surface area contributed by atoms with E-state index >= 15 is 0 Å². The van der Waals surface area contributed by atoms with Crippen molar-refractivity contribution in [2.45, 2.75) is 68.7 Å². The van der Waals surface area contributed by atoms with Crippen molar-refractivity contribution in [1.29, 1.82) is 0 Å². The van der Waals surface area contributed by atoms with Crippen molar-refractivity contribution < 1.29 is 17.2 Å². The van der Waals surface area contributed by atoms with Crippen LogP contribution >= 0.6 is 0 Å². The molecule has 3 aliphatic rings. The molecule has 0 unspecified atom stereocenters. The Kier molecular flexibility index (Phi) is 5.83. The third-order valence-corrected chi connectivity index (χ3v) is 9.21. The van der Waals surface area contributed by atoms with E-state index in [1.165, 1.54) is 4.31 Å². The number of aryl methyl sites for hydroxylation is 1. The Bertz CT molecular complexity index is 1090. The molecule has 32 heavy (non-hydrogen) atoms. The van der Waals surface area contributed by atoms with Crippen molar-refractivity contribution >= 4 is 27.0 Å². The Hall–Kier alpha value is -1.85. The van der Waals surface area contributed by atoms with Crippen molar-refractivity contribution in [3.05, 3.63) is 18.0 Å². The topological polar surface area (TPSA) is 92.2 Å². The number of fused-ring (bicyclic) bond motifs is 1. The molecule has 0 aromatic carbocycles. The van der Waals surface area contributed by atoms with Crippen molar-refractivity contribution in [2.75, 3.05) is 31.5 Å². The zero-order chi connectivity index (χ0) is 22.5. The monoisotopic (exact) mass is 468 g/mol. The maximum atomic E-state index is 14.9. The Morgan fingerprint density at radius 3 is 2.72 bits per heavy atom. The van der Waals surface area contributed by atoms with Crippen molar-refractivity contribution in [1.82, 2.24) is 24.2 Å². The number of piperidine rings is 2. The number of sulfonamides is 1. The highest BCUT2D eigenvalue weighted by molar-refractivity contribution is 7.90. The molecule has 1 saturated carbocycles. The molecule has 2 aliphatic heterocycles. The summed E-state index contributed by atoms with van der Waals surface area (Å²) in [7, 11) is -3.38. The summed E-state index contributed by atoms with van der Waals surface area (Å²) in [6, 6.07) is 1.13. The zero-order valence-corrected chi connectivity index (χ0v) is 19.0. The lowest BCUT2D eigenvalue weighted by Gasteiger charge is -2.34. The van der Waals surface area contributed by atoms with Gasteiger partial charge in [-0.2, -0.15) is 9.29 Å². The minimum atomic E-state index is -3.38. The van der Waals surface area contributed by atoms with Crippen molar-refractivity contribution in [3.8, 4) is 0 Å². The van der Waals surface area contributed by atoms with E-state index in [1.807, 2.05) is 17.6 Å². The molecule has 0 amide bonds. The van der Waals surface area contributed by atoms with Gasteiger partial charge in [0.1, 0.15) is 18.0 Å². The molecule has 4 heterocycles. The number of hydrogen-bond acceptors (Lipinski definition) is 6.